The Kier molecular flexibility index (Phi) is 8.86. The van der Waals surface area contributed by atoms with Gasteiger partial charge in [0.25, 0.3) is 0 Å². The zero-order valence-electron chi connectivity index (χ0n) is 18.1. The standard InChI is InChI=1S/C22H28Cl2N2O4S/c1-22(2,3)19(21(29)30)25-20(28)14-9-11-26(12-10-14)16(27)8-6-13-5-7-15(31-4)18(24)17(13)23/h5-8,14,19H,9-12H2,1-4H3,(H,25,28)(H,29,30)/b8-6+/t19-/m1/s1. The van der Waals surface area contributed by atoms with Crippen LogP contribution < -0.4 is 5.32 Å². The Bertz CT molecular complexity index is 875. The van der Waals surface area contributed by atoms with Gasteiger partial charge in [0.15, 0.2) is 0 Å². The number of aliphatic carboxylic acids is 1. The molecule has 1 saturated heterocycles. The summed E-state index contributed by atoms with van der Waals surface area (Å²) >= 11 is 14.0. The van der Waals surface area contributed by atoms with E-state index in [4.69, 9.17) is 23.2 Å². The summed E-state index contributed by atoms with van der Waals surface area (Å²) in [5.74, 6) is -1.81. The highest BCUT2D eigenvalue weighted by Gasteiger charge is 2.35. The van der Waals surface area contributed by atoms with Gasteiger partial charge in [-0.3, -0.25) is 9.59 Å². The van der Waals surface area contributed by atoms with Crippen LogP contribution in [0.1, 0.15) is 39.2 Å². The van der Waals surface area contributed by atoms with Crippen molar-refractivity contribution in [1.29, 1.82) is 0 Å². The zero-order valence-corrected chi connectivity index (χ0v) is 20.4. The Labute approximate surface area is 197 Å². The first kappa shape index (κ1) is 25.6. The smallest absolute Gasteiger partial charge is 0.326 e. The molecule has 1 aromatic rings. The zero-order chi connectivity index (χ0) is 23.3. The predicted molar refractivity (Wildman–Crippen MR) is 126 cm³/mol. The maximum Gasteiger partial charge on any atom is 0.326 e. The van der Waals surface area contributed by atoms with E-state index in [1.54, 1.807) is 31.7 Å². The number of nitrogens with one attached hydrogen (secondary N) is 1. The van der Waals surface area contributed by atoms with Crippen molar-refractivity contribution in [1.82, 2.24) is 10.2 Å². The molecule has 0 unspecified atom stereocenters. The molecule has 9 heteroatoms. The van der Waals surface area contributed by atoms with Gasteiger partial charge in [-0.2, -0.15) is 0 Å². The molecule has 0 bridgehead atoms. The second-order valence-electron chi connectivity index (χ2n) is 8.56. The number of halogens is 2. The Balaban J connectivity index is 1.94. The Morgan fingerprint density at radius 2 is 1.81 bits per heavy atom. The van der Waals surface area contributed by atoms with Crippen LogP contribution in [0, 0.1) is 11.3 Å². The first-order valence-corrected chi connectivity index (χ1v) is 12.0. The number of likely N-dealkylation sites (tertiary alicyclic amines) is 1. The molecule has 6 nitrogen and oxygen atoms in total. The van der Waals surface area contributed by atoms with Crippen molar-refractivity contribution < 1.29 is 19.5 Å². The van der Waals surface area contributed by atoms with Gasteiger partial charge in [0.2, 0.25) is 11.8 Å². The van der Waals surface area contributed by atoms with Crippen LogP contribution in [0.4, 0.5) is 0 Å². The molecule has 1 aliphatic rings. The van der Waals surface area contributed by atoms with Crippen molar-refractivity contribution in [3.05, 3.63) is 33.8 Å². The molecule has 2 N–H and O–H groups in total. The number of thioether (sulfide) groups is 1. The van der Waals surface area contributed by atoms with Crippen molar-refractivity contribution in [3.8, 4) is 0 Å². The Hall–Kier alpha value is -1.70. The van der Waals surface area contributed by atoms with E-state index in [1.165, 1.54) is 17.8 Å². The molecule has 1 heterocycles. The third-order valence-electron chi connectivity index (χ3n) is 5.28. The summed E-state index contributed by atoms with van der Waals surface area (Å²) in [5.41, 5.74) is 0.0650. The van der Waals surface area contributed by atoms with E-state index >= 15 is 0 Å². The maximum absolute atomic E-state index is 12.5. The fourth-order valence-corrected chi connectivity index (χ4v) is 4.54. The van der Waals surface area contributed by atoms with Crippen LogP contribution in [0.25, 0.3) is 6.08 Å². The highest BCUT2D eigenvalue weighted by atomic mass is 35.5. The fraction of sp³-hybridized carbons (Fsp3) is 0.500. The molecule has 0 spiro atoms. The van der Waals surface area contributed by atoms with Gasteiger partial charge < -0.3 is 15.3 Å². The number of carbonyl (C=O) groups excluding carboxylic acids is 2. The van der Waals surface area contributed by atoms with Crippen LogP contribution in [-0.2, 0) is 14.4 Å². The molecule has 1 fully saturated rings. The van der Waals surface area contributed by atoms with Gasteiger partial charge in [0.1, 0.15) is 6.04 Å². The van der Waals surface area contributed by atoms with Gasteiger partial charge in [0.05, 0.1) is 10.0 Å². The second-order valence-corrected chi connectivity index (χ2v) is 10.2. The summed E-state index contributed by atoms with van der Waals surface area (Å²) in [7, 11) is 0. The lowest BCUT2D eigenvalue weighted by molar-refractivity contribution is -0.146. The van der Waals surface area contributed by atoms with Gasteiger partial charge in [-0.15, -0.1) is 11.8 Å². The van der Waals surface area contributed by atoms with Crippen molar-refractivity contribution >= 4 is 58.8 Å². The first-order chi connectivity index (χ1) is 14.5. The molecular formula is C22H28Cl2N2O4S. The molecule has 0 aliphatic carbocycles. The quantitative estimate of drug-likeness (QED) is 0.453. The minimum absolute atomic E-state index is 0.168. The van der Waals surface area contributed by atoms with Crippen LogP contribution in [0.3, 0.4) is 0 Å². The number of hydrogen-bond acceptors (Lipinski definition) is 4. The molecule has 0 aromatic heterocycles. The van der Waals surface area contributed by atoms with Gasteiger partial charge in [-0.25, -0.2) is 4.79 Å². The van der Waals surface area contributed by atoms with Crippen molar-refractivity contribution in [2.75, 3.05) is 19.3 Å². The highest BCUT2D eigenvalue weighted by molar-refractivity contribution is 7.98. The molecule has 2 amide bonds. The third kappa shape index (κ3) is 6.64. The average Bonchev–Trinajstić information content (AvgIpc) is 2.71. The molecule has 2 rings (SSSR count). The molecule has 170 valence electrons. The topological polar surface area (TPSA) is 86.7 Å². The first-order valence-electron chi connectivity index (χ1n) is 9.97. The summed E-state index contributed by atoms with van der Waals surface area (Å²) in [6.45, 7) is 6.16. The van der Waals surface area contributed by atoms with E-state index in [-0.39, 0.29) is 17.7 Å². The lowest BCUT2D eigenvalue weighted by atomic mass is 9.86. The number of nitrogens with zero attached hydrogens (tertiary/aromatic N) is 1. The van der Waals surface area contributed by atoms with Crippen LogP contribution in [-0.4, -0.2) is 53.2 Å². The lowest BCUT2D eigenvalue weighted by Gasteiger charge is -2.33. The van der Waals surface area contributed by atoms with E-state index in [9.17, 15) is 19.5 Å². The van der Waals surface area contributed by atoms with Crippen molar-refractivity contribution in [2.45, 2.75) is 44.6 Å². The molecule has 1 aromatic carbocycles. The third-order valence-corrected chi connectivity index (χ3v) is 7.07. The van der Waals surface area contributed by atoms with E-state index in [0.29, 0.717) is 41.5 Å². The minimum atomic E-state index is -1.05. The van der Waals surface area contributed by atoms with Crippen molar-refractivity contribution in [3.63, 3.8) is 0 Å². The van der Waals surface area contributed by atoms with Crippen LogP contribution in [0.2, 0.25) is 10.0 Å². The van der Waals surface area contributed by atoms with Gasteiger partial charge in [-0.05, 0) is 42.2 Å². The second kappa shape index (κ2) is 10.7. The average molecular weight is 487 g/mol. The number of amides is 2. The molecule has 1 aliphatic heterocycles. The number of hydrogen-bond donors (Lipinski definition) is 2. The molecule has 1 atom stereocenters. The minimum Gasteiger partial charge on any atom is -0.480 e. The van der Waals surface area contributed by atoms with E-state index < -0.39 is 17.4 Å². The maximum atomic E-state index is 12.5. The Morgan fingerprint density at radius 3 is 2.32 bits per heavy atom. The number of rotatable bonds is 6. The molecule has 0 radical (unpaired) electrons. The van der Waals surface area contributed by atoms with Gasteiger partial charge in [0, 0.05) is 30.0 Å². The van der Waals surface area contributed by atoms with Gasteiger partial charge >= 0.3 is 5.97 Å². The molecule has 31 heavy (non-hydrogen) atoms. The van der Waals surface area contributed by atoms with Crippen LogP contribution in [0.5, 0.6) is 0 Å². The molecular weight excluding hydrogens is 459 g/mol. The number of benzene rings is 1. The van der Waals surface area contributed by atoms with E-state index in [2.05, 4.69) is 5.32 Å². The summed E-state index contributed by atoms with van der Waals surface area (Å²) in [6, 6.07) is 2.71. The fourth-order valence-electron chi connectivity index (χ4n) is 3.37. The summed E-state index contributed by atoms with van der Waals surface area (Å²) in [4.78, 5) is 39.1. The number of carboxylic acid groups (broad SMARTS) is 1. The van der Waals surface area contributed by atoms with Crippen molar-refractivity contribution in [2.24, 2.45) is 11.3 Å². The molecule has 0 saturated carbocycles. The van der Waals surface area contributed by atoms with Crippen LogP contribution >= 0.6 is 35.0 Å². The summed E-state index contributed by atoms with van der Waals surface area (Å²) in [5, 5.41) is 12.9. The van der Waals surface area contributed by atoms with E-state index in [0.717, 1.165) is 4.90 Å². The monoisotopic (exact) mass is 486 g/mol. The van der Waals surface area contributed by atoms with Crippen LogP contribution in [0.15, 0.2) is 23.1 Å². The lowest BCUT2D eigenvalue weighted by Crippen LogP contribution is -2.52. The SMILES string of the molecule is CSc1ccc(/C=C/C(=O)N2CCC(C(=O)N[C@H](C(=O)O)C(C)(C)C)CC2)c(Cl)c1Cl. The predicted octanol–water partition coefficient (Wildman–Crippen LogP) is 4.58. The van der Waals surface area contributed by atoms with Gasteiger partial charge in [-0.1, -0.05) is 50.0 Å². The number of carboxylic acids is 1. The van der Waals surface area contributed by atoms with E-state index in [1.807, 2.05) is 18.4 Å². The summed E-state index contributed by atoms with van der Waals surface area (Å²) < 4.78 is 0. The summed E-state index contributed by atoms with van der Waals surface area (Å²) in [6.07, 6.45) is 5.97. The largest absolute Gasteiger partial charge is 0.480 e. The number of carbonyl (C=O) groups is 3. The Morgan fingerprint density at radius 1 is 1.19 bits per heavy atom. The normalized spacial score (nSPS) is 16.4. The number of piperidine rings is 1. The highest BCUT2D eigenvalue weighted by Crippen LogP contribution is 2.35.